The summed E-state index contributed by atoms with van der Waals surface area (Å²) < 4.78 is 6.54. The van der Waals surface area contributed by atoms with Crippen molar-refractivity contribution < 1.29 is 14.0 Å². The second-order valence-corrected chi connectivity index (χ2v) is 8.71. The monoisotopic (exact) mass is 420 g/mol. The minimum Gasteiger partial charge on any atom is -0.408 e. The number of nitrogens with one attached hydrogen (secondary N) is 1. The molecule has 1 unspecified atom stereocenters. The van der Waals surface area contributed by atoms with E-state index in [-0.39, 0.29) is 18.4 Å². The molecule has 0 radical (unpaired) electrons. The van der Waals surface area contributed by atoms with E-state index in [1.54, 1.807) is 23.1 Å². The fraction of sp³-hybridized carbons (Fsp3) is 0.550. The van der Waals surface area contributed by atoms with Gasteiger partial charge in [-0.3, -0.25) is 19.1 Å². The summed E-state index contributed by atoms with van der Waals surface area (Å²) in [6, 6.07) is 5.22. The van der Waals surface area contributed by atoms with Crippen molar-refractivity contribution in [1.82, 2.24) is 19.7 Å². The number of hydrogen-bond acceptors (Lipinski definition) is 5. The molecule has 2 saturated heterocycles. The number of likely N-dealkylation sites (tertiary alicyclic amines) is 1. The van der Waals surface area contributed by atoms with Crippen LogP contribution in [0.15, 0.2) is 27.4 Å². The van der Waals surface area contributed by atoms with Gasteiger partial charge in [0.1, 0.15) is 6.54 Å². The van der Waals surface area contributed by atoms with Crippen molar-refractivity contribution in [2.45, 2.75) is 44.8 Å². The largest absolute Gasteiger partial charge is 0.420 e. The maximum atomic E-state index is 13.0. The Morgan fingerprint density at radius 2 is 2.07 bits per heavy atom. The van der Waals surface area contributed by atoms with Gasteiger partial charge >= 0.3 is 5.76 Å². The van der Waals surface area contributed by atoms with Crippen LogP contribution in [0.2, 0.25) is 5.02 Å². The number of amides is 2. The van der Waals surface area contributed by atoms with Gasteiger partial charge in [0.25, 0.3) is 0 Å². The van der Waals surface area contributed by atoms with Gasteiger partial charge in [0.15, 0.2) is 5.58 Å². The summed E-state index contributed by atoms with van der Waals surface area (Å²) in [6.07, 6.45) is 1.16. The first kappa shape index (κ1) is 20.0. The molecule has 0 aliphatic carbocycles. The van der Waals surface area contributed by atoms with Crippen molar-refractivity contribution in [2.75, 3.05) is 26.2 Å². The summed E-state index contributed by atoms with van der Waals surface area (Å²) in [6.45, 7) is 6.55. The molecule has 2 amide bonds. The molecule has 1 atom stereocenters. The molecule has 2 fully saturated rings. The van der Waals surface area contributed by atoms with Gasteiger partial charge < -0.3 is 14.6 Å². The van der Waals surface area contributed by atoms with Crippen LogP contribution in [0.5, 0.6) is 0 Å². The van der Waals surface area contributed by atoms with Gasteiger partial charge in [-0.2, -0.15) is 0 Å². The highest BCUT2D eigenvalue weighted by Crippen LogP contribution is 2.26. The number of aromatic nitrogens is 1. The molecule has 3 heterocycles. The second-order valence-electron chi connectivity index (χ2n) is 8.27. The lowest BCUT2D eigenvalue weighted by atomic mass is 9.97. The summed E-state index contributed by atoms with van der Waals surface area (Å²) >= 11 is 5.95. The zero-order valence-corrected chi connectivity index (χ0v) is 17.4. The molecule has 1 spiro atoms. The maximum absolute atomic E-state index is 13.0. The Kier molecular flexibility index (Phi) is 5.16. The number of carbonyl (C=O) groups excluding carboxylic acids is 2. The molecule has 9 heteroatoms. The Hall–Kier alpha value is -2.32. The van der Waals surface area contributed by atoms with E-state index in [0.717, 1.165) is 6.54 Å². The molecular weight excluding hydrogens is 396 g/mol. The quantitative estimate of drug-likeness (QED) is 0.812. The van der Waals surface area contributed by atoms with E-state index in [4.69, 9.17) is 16.0 Å². The minimum atomic E-state index is -0.585. The van der Waals surface area contributed by atoms with Gasteiger partial charge in [-0.15, -0.1) is 0 Å². The van der Waals surface area contributed by atoms with Gasteiger partial charge in [0, 0.05) is 49.7 Å². The molecule has 2 aliphatic heterocycles. The van der Waals surface area contributed by atoms with Crippen LogP contribution in [0.25, 0.3) is 11.1 Å². The van der Waals surface area contributed by atoms with Crippen LogP contribution in [0.1, 0.15) is 26.7 Å². The molecule has 4 rings (SSSR count). The minimum absolute atomic E-state index is 0.0244. The first-order valence-electron chi connectivity index (χ1n) is 9.88. The molecule has 2 aliphatic rings. The predicted octanol–water partition coefficient (Wildman–Crippen LogP) is 1.45. The Morgan fingerprint density at radius 3 is 2.83 bits per heavy atom. The third-order valence-corrected chi connectivity index (χ3v) is 6.13. The number of carbonyl (C=O) groups is 2. The first-order valence-corrected chi connectivity index (χ1v) is 10.3. The van der Waals surface area contributed by atoms with E-state index in [1.165, 1.54) is 4.57 Å². The molecule has 156 valence electrons. The highest BCUT2D eigenvalue weighted by Gasteiger charge is 2.44. The van der Waals surface area contributed by atoms with Crippen LogP contribution in [0, 0.1) is 0 Å². The summed E-state index contributed by atoms with van der Waals surface area (Å²) in [5.74, 6) is -0.731. The van der Waals surface area contributed by atoms with Gasteiger partial charge in [0.05, 0.1) is 11.1 Å². The lowest BCUT2D eigenvalue weighted by Gasteiger charge is -2.35. The van der Waals surface area contributed by atoms with Crippen molar-refractivity contribution in [3.05, 3.63) is 33.8 Å². The summed E-state index contributed by atoms with van der Waals surface area (Å²) in [5.41, 5.74) is 0.456. The van der Waals surface area contributed by atoms with Crippen LogP contribution in [-0.2, 0) is 16.1 Å². The number of benzene rings is 1. The number of hydrogen-bond donors (Lipinski definition) is 1. The summed E-state index contributed by atoms with van der Waals surface area (Å²) in [4.78, 5) is 41.4. The molecule has 0 bridgehead atoms. The lowest BCUT2D eigenvalue weighted by molar-refractivity contribution is -0.131. The average Bonchev–Trinajstić information content (AvgIpc) is 3.13. The molecular formula is C20H25ClN4O4. The number of halogens is 1. The van der Waals surface area contributed by atoms with E-state index in [9.17, 15) is 14.4 Å². The smallest absolute Gasteiger partial charge is 0.408 e. The third-order valence-electron chi connectivity index (χ3n) is 5.90. The fourth-order valence-corrected chi connectivity index (χ4v) is 4.46. The van der Waals surface area contributed by atoms with Crippen molar-refractivity contribution in [2.24, 2.45) is 0 Å². The van der Waals surface area contributed by atoms with Crippen molar-refractivity contribution in [3.63, 3.8) is 0 Å². The molecule has 8 nitrogen and oxygen atoms in total. The summed E-state index contributed by atoms with van der Waals surface area (Å²) in [7, 11) is 0. The van der Waals surface area contributed by atoms with Crippen LogP contribution in [0.3, 0.4) is 0 Å². The van der Waals surface area contributed by atoms with Crippen LogP contribution in [0.4, 0.5) is 0 Å². The molecule has 1 aromatic carbocycles. The van der Waals surface area contributed by atoms with Crippen molar-refractivity contribution >= 4 is 34.5 Å². The molecule has 1 aromatic heterocycles. The Morgan fingerprint density at radius 1 is 1.28 bits per heavy atom. The van der Waals surface area contributed by atoms with Gasteiger partial charge in [-0.1, -0.05) is 11.6 Å². The first-order chi connectivity index (χ1) is 13.8. The molecule has 2 aromatic rings. The predicted molar refractivity (Wildman–Crippen MR) is 109 cm³/mol. The SMILES string of the molecule is CC(C)N1CCC(=O)NC2(CCN(C(=O)Cn3c(=O)oc4cc(Cl)ccc43)C2)C1. The van der Waals surface area contributed by atoms with E-state index in [0.29, 0.717) is 54.6 Å². The zero-order chi connectivity index (χ0) is 20.8. The zero-order valence-electron chi connectivity index (χ0n) is 16.6. The van der Waals surface area contributed by atoms with Crippen molar-refractivity contribution in [3.8, 4) is 0 Å². The van der Waals surface area contributed by atoms with E-state index < -0.39 is 11.3 Å². The standard InChI is InChI=1S/C20H25ClN4O4/c1-13(2)23-7-5-17(26)22-20(11-23)6-8-24(12-20)18(27)10-25-15-4-3-14(21)9-16(15)29-19(25)28/h3-4,9,13H,5-8,10-12H2,1-2H3,(H,22,26). The maximum Gasteiger partial charge on any atom is 0.420 e. The number of fused-ring (bicyclic) bond motifs is 1. The molecule has 0 saturated carbocycles. The van der Waals surface area contributed by atoms with Crippen molar-refractivity contribution in [1.29, 1.82) is 0 Å². The fourth-order valence-electron chi connectivity index (χ4n) is 4.29. The van der Waals surface area contributed by atoms with Gasteiger partial charge in [0.2, 0.25) is 11.8 Å². The molecule has 1 N–H and O–H groups in total. The van der Waals surface area contributed by atoms with Crippen LogP contribution in [-0.4, -0.2) is 63.9 Å². The second kappa shape index (κ2) is 7.50. The third kappa shape index (κ3) is 3.91. The van der Waals surface area contributed by atoms with Gasteiger partial charge in [-0.25, -0.2) is 4.79 Å². The Bertz CT molecular complexity index is 1010. The highest BCUT2D eigenvalue weighted by molar-refractivity contribution is 6.31. The molecule has 29 heavy (non-hydrogen) atoms. The average molecular weight is 421 g/mol. The van der Waals surface area contributed by atoms with Gasteiger partial charge in [-0.05, 0) is 32.4 Å². The lowest BCUT2D eigenvalue weighted by Crippen LogP contribution is -2.56. The van der Waals surface area contributed by atoms with Crippen LogP contribution >= 0.6 is 11.6 Å². The number of rotatable bonds is 3. The normalized spacial score (nSPS) is 23.2. The Labute approximate surface area is 173 Å². The highest BCUT2D eigenvalue weighted by atomic mass is 35.5. The van der Waals surface area contributed by atoms with E-state index in [2.05, 4.69) is 24.1 Å². The number of nitrogens with zero attached hydrogens (tertiary/aromatic N) is 3. The van der Waals surface area contributed by atoms with E-state index >= 15 is 0 Å². The number of oxazole rings is 1. The van der Waals surface area contributed by atoms with Crippen LogP contribution < -0.4 is 11.1 Å². The van der Waals surface area contributed by atoms with E-state index in [1.807, 2.05) is 0 Å². The Balaban J connectivity index is 1.52. The summed E-state index contributed by atoms with van der Waals surface area (Å²) in [5, 5.41) is 3.62. The topological polar surface area (TPSA) is 87.8 Å².